The van der Waals surface area contributed by atoms with Gasteiger partial charge in [0.1, 0.15) is 39.6 Å². The molecule has 17 rings (SSSR count). The van der Waals surface area contributed by atoms with Crippen molar-refractivity contribution in [2.75, 3.05) is 32.9 Å². The van der Waals surface area contributed by atoms with Crippen LogP contribution in [0.1, 0.15) is 193 Å². The third-order valence-electron chi connectivity index (χ3n) is 24.4. The first-order valence-electron chi connectivity index (χ1n) is 36.0. The molecule has 13 aliphatic rings. The first-order chi connectivity index (χ1) is 47.6. The van der Waals surface area contributed by atoms with Gasteiger partial charge >= 0.3 is 24.1 Å². The van der Waals surface area contributed by atoms with Crippen molar-refractivity contribution in [1.82, 2.24) is 4.90 Å². The number of carbonyl (C=O) groups excluding carboxylic acids is 1. The SMILES string of the molecule is O=C(O)C1CCCC1Sc1cc(Cl)c(OCC23CC4CC(CC(C4)C2)C3)cc1F.O=C(O)[C@@H]1CCC[C@H]1C(=O)c1cc(C2CC2)c(OCC2CCN(Cc3cc(C(F)(F)F)ccc3Cl)CC2)cc1F.O=C(O)[C@@H]1CCC[C@H]1S(=O)(=O)c1cc(Cl)c(OCC23CC4CC(CC(C4)C2)C3)cc1F. The zero-order chi connectivity index (χ0) is 70.7. The minimum Gasteiger partial charge on any atom is -0.493 e. The third kappa shape index (κ3) is 16.3. The fraction of sp³-hybridized carbons (Fsp3) is 0.632. The molecule has 4 aromatic carbocycles. The number of nitrogens with zero attached hydrogens (tertiary/aromatic N) is 1. The summed E-state index contributed by atoms with van der Waals surface area (Å²) in [7, 11) is -4.15. The molecule has 1 heterocycles. The molecule has 0 aromatic heterocycles. The molecular formula is C76H88Cl3F6NO12S2. The molecule has 6 atom stereocenters. The van der Waals surface area contributed by atoms with Crippen molar-refractivity contribution in [3.05, 3.63) is 109 Å². The number of carbonyl (C=O) groups is 4. The molecule has 12 saturated carbocycles. The van der Waals surface area contributed by atoms with Crippen LogP contribution in [-0.4, -0.2) is 95.7 Å². The van der Waals surface area contributed by atoms with Crippen LogP contribution in [0.25, 0.3) is 0 Å². The second-order valence-electron chi connectivity index (χ2n) is 31.7. The quantitative estimate of drug-likeness (QED) is 0.0527. The van der Waals surface area contributed by atoms with Crippen LogP contribution in [-0.2, 0) is 36.9 Å². The number of piperidine rings is 1. The summed E-state index contributed by atoms with van der Waals surface area (Å²) in [5, 5.41) is 27.7. The Labute approximate surface area is 599 Å². The fourth-order valence-corrected chi connectivity index (χ4v) is 24.4. The van der Waals surface area contributed by atoms with Crippen LogP contribution in [0.4, 0.5) is 26.3 Å². The lowest BCUT2D eigenvalue weighted by Crippen LogP contribution is -2.48. The van der Waals surface area contributed by atoms with Crippen LogP contribution in [0.5, 0.6) is 17.2 Å². The number of thioether (sulfide) groups is 1. The van der Waals surface area contributed by atoms with Crippen LogP contribution in [0, 0.1) is 93.4 Å². The Morgan fingerprint density at radius 1 is 0.550 bits per heavy atom. The number of likely N-dealkylation sites (tertiary alicyclic amines) is 1. The van der Waals surface area contributed by atoms with Crippen molar-refractivity contribution in [3.63, 3.8) is 0 Å². The second-order valence-corrected chi connectivity index (χ2v) is 36.3. The van der Waals surface area contributed by atoms with Crippen LogP contribution in [0.2, 0.25) is 15.1 Å². The van der Waals surface area contributed by atoms with Gasteiger partial charge in [-0.25, -0.2) is 21.6 Å². The van der Waals surface area contributed by atoms with E-state index in [1.165, 1.54) is 87.7 Å². The molecule has 8 bridgehead atoms. The highest BCUT2D eigenvalue weighted by molar-refractivity contribution is 8.00. The lowest BCUT2D eigenvalue weighted by atomic mass is 9.50. The average Bonchev–Trinajstić information content (AvgIpc) is 0.983. The maximum absolute atomic E-state index is 15.2. The minimum absolute atomic E-state index is 0.0473. The summed E-state index contributed by atoms with van der Waals surface area (Å²) in [6.45, 7) is 3.15. The van der Waals surface area contributed by atoms with E-state index in [1.54, 1.807) is 12.1 Å². The predicted octanol–water partition coefficient (Wildman–Crippen LogP) is 18.9. The summed E-state index contributed by atoms with van der Waals surface area (Å²) in [4.78, 5) is 49.5. The Hall–Kier alpha value is -4.93. The summed E-state index contributed by atoms with van der Waals surface area (Å²) in [6.07, 6.45) is 19.1. The van der Waals surface area contributed by atoms with E-state index in [-0.39, 0.29) is 62.9 Å². The van der Waals surface area contributed by atoms with Gasteiger partial charge in [-0.2, -0.15) is 13.2 Å². The molecule has 12 aliphatic carbocycles. The number of carboxylic acid groups (broad SMARTS) is 3. The molecule has 544 valence electrons. The highest BCUT2D eigenvalue weighted by Gasteiger charge is 2.53. The first-order valence-corrected chi connectivity index (χ1v) is 39.6. The number of rotatable bonds is 21. The largest absolute Gasteiger partial charge is 0.493 e. The number of benzene rings is 4. The van der Waals surface area contributed by atoms with Gasteiger partial charge in [0, 0.05) is 56.7 Å². The van der Waals surface area contributed by atoms with Gasteiger partial charge in [0.15, 0.2) is 15.6 Å². The molecule has 1 aliphatic heterocycles. The van der Waals surface area contributed by atoms with Gasteiger partial charge in [0.25, 0.3) is 0 Å². The van der Waals surface area contributed by atoms with Crippen molar-refractivity contribution in [2.45, 2.75) is 199 Å². The highest BCUT2D eigenvalue weighted by Crippen LogP contribution is 2.62. The zero-order valence-corrected chi connectivity index (χ0v) is 59.8. The number of halogens is 9. The van der Waals surface area contributed by atoms with E-state index in [9.17, 15) is 64.9 Å². The Morgan fingerprint density at radius 2 is 1.05 bits per heavy atom. The van der Waals surface area contributed by atoms with Gasteiger partial charge in [0.2, 0.25) is 0 Å². The summed E-state index contributed by atoms with van der Waals surface area (Å²) < 4.78 is 128. The zero-order valence-electron chi connectivity index (χ0n) is 55.9. The van der Waals surface area contributed by atoms with Gasteiger partial charge in [0.05, 0.1) is 64.0 Å². The molecular weight excluding hydrogens is 1400 g/mol. The number of aliphatic carboxylic acids is 3. The van der Waals surface area contributed by atoms with E-state index in [1.807, 2.05) is 0 Å². The first kappa shape index (κ1) is 73.4. The van der Waals surface area contributed by atoms with Crippen LogP contribution >= 0.6 is 46.6 Å². The van der Waals surface area contributed by atoms with E-state index < -0.39 is 90.7 Å². The summed E-state index contributed by atoms with van der Waals surface area (Å²) in [5.74, 6) is -2.04. The standard InChI is InChI=1S/C30H32ClF4NO4.C23H28ClFO5S.C23H28ClFO3S/c31-25-7-6-20(30(33,34)35)12-19(25)15-36-10-8-17(9-11-36)16-40-27-14-26(32)24(13-23(27)18-4-5-18)28(37)21-2-1-3-22(21)29(38)39;24-17-7-21(31(28,29)20-3-1-2-16(20)22(26)27)18(25)8-19(17)30-12-23-9-13-4-14(10-23)6-15(5-13)11-23;24-17-7-21(29-20-3-1-2-16(20)22(26)27)18(25)8-19(17)28-12-23-9-13-4-14(10-23)6-15(5-13)11-23/h6-7,12-14,17-18,21-22H,1-5,8-11,15-16H2,(H,38,39);7-8,13-16,20H,1-6,9-12H2,(H,26,27);7-8,13-16,20H,1-6,9-12H2,(H,26,27)/t21-,22-;13?,14?,15?,16-,20-,23?;/m11./s1. The van der Waals surface area contributed by atoms with E-state index in [0.717, 1.165) is 123 Å². The number of alkyl halides is 3. The van der Waals surface area contributed by atoms with Gasteiger partial charge in [-0.3, -0.25) is 24.1 Å². The number of ether oxygens (including phenoxy) is 3. The molecule has 24 heteroatoms. The summed E-state index contributed by atoms with van der Waals surface area (Å²) in [6, 6.07) is 11.4. The van der Waals surface area contributed by atoms with Crippen molar-refractivity contribution < 1.29 is 83.5 Å². The lowest BCUT2D eigenvalue weighted by molar-refractivity contribution is -0.143. The molecule has 0 radical (unpaired) electrons. The van der Waals surface area contributed by atoms with E-state index in [0.29, 0.717) is 104 Å². The lowest BCUT2D eigenvalue weighted by Gasteiger charge is -2.56. The molecule has 0 spiro atoms. The molecule has 4 aromatic rings. The number of sulfone groups is 1. The normalized spacial score (nSPS) is 31.3. The maximum atomic E-state index is 15.2. The number of Topliss-reactive ketones (excluding diaryl/α,β-unsaturated/α-hetero) is 1. The Kier molecular flexibility index (Phi) is 21.9. The van der Waals surface area contributed by atoms with E-state index >= 15 is 4.39 Å². The van der Waals surface area contributed by atoms with Gasteiger partial charge in [-0.1, -0.05) is 54.1 Å². The van der Waals surface area contributed by atoms with Crippen molar-refractivity contribution in [3.8, 4) is 17.2 Å². The third-order valence-corrected chi connectivity index (χ3v) is 29.1. The fourth-order valence-electron chi connectivity index (χ4n) is 20.2. The highest BCUT2D eigenvalue weighted by atomic mass is 35.5. The van der Waals surface area contributed by atoms with E-state index in [4.69, 9.17) is 49.0 Å². The number of hydrogen-bond donors (Lipinski definition) is 3. The van der Waals surface area contributed by atoms with Crippen molar-refractivity contribution in [2.24, 2.45) is 75.9 Å². The van der Waals surface area contributed by atoms with E-state index in [2.05, 4.69) is 4.90 Å². The monoisotopic (exact) mass is 1490 g/mol. The molecule has 13 fully saturated rings. The minimum atomic E-state index is -4.43. The molecule has 3 N–H and O–H groups in total. The molecule has 2 unspecified atom stereocenters. The van der Waals surface area contributed by atoms with Gasteiger partial charge in [-0.15, -0.1) is 11.8 Å². The average molecular weight is 1490 g/mol. The van der Waals surface area contributed by atoms with Crippen LogP contribution < -0.4 is 14.2 Å². The van der Waals surface area contributed by atoms with Crippen LogP contribution in [0.3, 0.4) is 0 Å². The summed E-state index contributed by atoms with van der Waals surface area (Å²) in [5.41, 5.74) is 0.850. The van der Waals surface area contributed by atoms with Gasteiger partial charge < -0.3 is 29.5 Å². The Bertz CT molecular complexity index is 3790. The van der Waals surface area contributed by atoms with Crippen LogP contribution in [0.15, 0.2) is 64.4 Å². The second kappa shape index (κ2) is 29.9. The number of carboxylic acids is 3. The van der Waals surface area contributed by atoms with Crippen molar-refractivity contribution >= 4 is 80.1 Å². The Morgan fingerprint density at radius 3 is 1.60 bits per heavy atom. The maximum Gasteiger partial charge on any atom is 0.416 e. The molecule has 1 saturated heterocycles. The van der Waals surface area contributed by atoms with Gasteiger partial charge in [-0.05, 0) is 249 Å². The topological polar surface area (TPSA) is 194 Å². The smallest absolute Gasteiger partial charge is 0.416 e. The van der Waals surface area contributed by atoms with Crippen molar-refractivity contribution in [1.29, 1.82) is 0 Å². The predicted molar refractivity (Wildman–Crippen MR) is 367 cm³/mol. The molecule has 13 nitrogen and oxygen atoms in total. The molecule has 100 heavy (non-hydrogen) atoms. The number of hydrogen-bond acceptors (Lipinski definition) is 11. The Balaban J connectivity index is 0.000000136. The summed E-state index contributed by atoms with van der Waals surface area (Å²) >= 11 is 20.3. The molecule has 0 amide bonds. The number of ketones is 1.